The van der Waals surface area contributed by atoms with Crippen LogP contribution in [0.3, 0.4) is 0 Å². The first-order valence-corrected chi connectivity index (χ1v) is 9.50. The van der Waals surface area contributed by atoms with Gasteiger partial charge in [0, 0.05) is 18.7 Å². The van der Waals surface area contributed by atoms with E-state index < -0.39 is 10.0 Å². The van der Waals surface area contributed by atoms with Gasteiger partial charge in [-0.2, -0.15) is 0 Å². The molecule has 0 unspecified atom stereocenters. The molecule has 0 aromatic heterocycles. The largest absolute Gasteiger partial charge is 0.352 e. The highest BCUT2D eigenvalue weighted by Gasteiger charge is 2.29. The summed E-state index contributed by atoms with van der Waals surface area (Å²) in [4.78, 5) is 12.0. The van der Waals surface area contributed by atoms with E-state index in [1.807, 2.05) is 0 Å². The number of rotatable bonds is 4. The van der Waals surface area contributed by atoms with Crippen molar-refractivity contribution in [2.75, 3.05) is 26.2 Å². The molecule has 1 fully saturated rings. The van der Waals surface area contributed by atoms with Crippen LogP contribution in [-0.4, -0.2) is 40.5 Å². The van der Waals surface area contributed by atoms with Crippen LogP contribution in [0, 0.1) is 5.41 Å². The van der Waals surface area contributed by atoms with E-state index in [9.17, 15) is 13.2 Å². The highest BCUT2D eigenvalue weighted by molar-refractivity contribution is 7.89. The summed E-state index contributed by atoms with van der Waals surface area (Å²) in [5, 5.41) is 6.03. The zero-order chi connectivity index (χ0) is 16.5. The molecule has 0 bridgehead atoms. The Hall–Kier alpha value is -1.44. The van der Waals surface area contributed by atoms with Gasteiger partial charge in [-0.25, -0.2) is 13.1 Å². The lowest BCUT2D eigenvalue weighted by molar-refractivity contribution is 0.0945. The maximum Gasteiger partial charge on any atom is 0.251 e. The minimum atomic E-state index is -3.61. The van der Waals surface area contributed by atoms with Crippen molar-refractivity contribution in [2.24, 2.45) is 5.41 Å². The summed E-state index contributed by atoms with van der Waals surface area (Å²) in [5.74, 6) is -0.200. The number of carbonyl (C=O) groups is 1. The van der Waals surface area contributed by atoms with Gasteiger partial charge in [-0.05, 0) is 55.5 Å². The zero-order valence-electron chi connectivity index (χ0n) is 13.3. The minimum Gasteiger partial charge on any atom is -0.352 e. The average molecular weight is 337 g/mol. The molecule has 1 saturated heterocycles. The molecule has 0 radical (unpaired) electrons. The molecule has 2 aliphatic heterocycles. The number of hydrogen-bond donors (Lipinski definition) is 3. The average Bonchev–Trinajstić information content (AvgIpc) is 2.54. The maximum absolute atomic E-state index is 12.6. The molecule has 126 valence electrons. The van der Waals surface area contributed by atoms with Crippen molar-refractivity contribution >= 4 is 15.9 Å². The second-order valence-corrected chi connectivity index (χ2v) is 8.48. The van der Waals surface area contributed by atoms with Gasteiger partial charge in [-0.15, -0.1) is 0 Å². The number of amides is 1. The van der Waals surface area contributed by atoms with Gasteiger partial charge in [0.2, 0.25) is 10.0 Å². The summed E-state index contributed by atoms with van der Waals surface area (Å²) in [6.45, 7) is 4.95. The summed E-state index contributed by atoms with van der Waals surface area (Å²) >= 11 is 0. The van der Waals surface area contributed by atoms with Crippen LogP contribution >= 0.6 is 0 Å². The molecule has 0 aliphatic carbocycles. The fourth-order valence-corrected chi connectivity index (χ4v) is 4.34. The predicted octanol–water partition coefficient (Wildman–Crippen LogP) is 0.641. The SMILES string of the molecule is CC1(CNS(=O)(=O)c2ccc3c(c2)C(=O)NCC3)CCNCC1. The number of carbonyl (C=O) groups excluding carboxylic acids is 1. The Labute approximate surface area is 137 Å². The van der Waals surface area contributed by atoms with Crippen LogP contribution in [0.15, 0.2) is 23.1 Å². The normalized spacial score (nSPS) is 20.7. The quantitative estimate of drug-likeness (QED) is 0.752. The van der Waals surface area contributed by atoms with Crippen LogP contribution in [-0.2, 0) is 16.4 Å². The lowest BCUT2D eigenvalue weighted by Crippen LogP contribution is -2.42. The first-order chi connectivity index (χ1) is 10.9. The van der Waals surface area contributed by atoms with Crippen molar-refractivity contribution in [1.82, 2.24) is 15.4 Å². The van der Waals surface area contributed by atoms with Crippen molar-refractivity contribution < 1.29 is 13.2 Å². The smallest absolute Gasteiger partial charge is 0.251 e. The van der Waals surface area contributed by atoms with Gasteiger partial charge in [0.15, 0.2) is 0 Å². The van der Waals surface area contributed by atoms with Gasteiger partial charge in [0.1, 0.15) is 0 Å². The molecule has 2 heterocycles. The van der Waals surface area contributed by atoms with Gasteiger partial charge in [0.05, 0.1) is 4.90 Å². The van der Waals surface area contributed by atoms with Gasteiger partial charge < -0.3 is 10.6 Å². The fraction of sp³-hybridized carbons (Fsp3) is 0.562. The van der Waals surface area contributed by atoms with Crippen LogP contribution in [0.4, 0.5) is 0 Å². The van der Waals surface area contributed by atoms with E-state index in [1.165, 1.54) is 6.07 Å². The summed E-state index contributed by atoms with van der Waals surface area (Å²) in [6, 6.07) is 4.82. The third-order valence-corrected chi connectivity index (χ3v) is 6.21. The first kappa shape index (κ1) is 16.4. The van der Waals surface area contributed by atoms with Crippen molar-refractivity contribution in [2.45, 2.75) is 31.1 Å². The number of piperidine rings is 1. The molecule has 1 aromatic carbocycles. The lowest BCUT2D eigenvalue weighted by Gasteiger charge is -2.34. The van der Waals surface area contributed by atoms with E-state index in [0.717, 1.165) is 37.9 Å². The maximum atomic E-state index is 12.6. The van der Waals surface area contributed by atoms with E-state index >= 15 is 0 Å². The molecule has 0 saturated carbocycles. The molecule has 23 heavy (non-hydrogen) atoms. The Morgan fingerprint density at radius 2 is 1.96 bits per heavy atom. The Morgan fingerprint density at radius 1 is 1.22 bits per heavy atom. The Kier molecular flexibility index (Phi) is 4.44. The Bertz CT molecular complexity index is 709. The van der Waals surface area contributed by atoms with Crippen LogP contribution in [0.5, 0.6) is 0 Å². The molecule has 1 aromatic rings. The summed E-state index contributed by atoms with van der Waals surface area (Å²) < 4.78 is 27.8. The summed E-state index contributed by atoms with van der Waals surface area (Å²) in [7, 11) is -3.61. The standard InChI is InChI=1S/C16H23N3O3S/c1-16(5-8-17-9-6-16)11-19-23(21,22)13-3-2-12-4-7-18-15(20)14(12)10-13/h2-3,10,17,19H,4-9,11H2,1H3,(H,18,20). The third kappa shape index (κ3) is 3.57. The van der Waals surface area contributed by atoms with Crippen molar-refractivity contribution in [3.63, 3.8) is 0 Å². The molecule has 6 nitrogen and oxygen atoms in total. The number of nitrogens with one attached hydrogen (secondary N) is 3. The van der Waals surface area contributed by atoms with Gasteiger partial charge >= 0.3 is 0 Å². The van der Waals surface area contributed by atoms with E-state index in [1.54, 1.807) is 12.1 Å². The number of hydrogen-bond acceptors (Lipinski definition) is 4. The first-order valence-electron chi connectivity index (χ1n) is 8.01. The Balaban J connectivity index is 1.77. The molecule has 3 rings (SSSR count). The lowest BCUT2D eigenvalue weighted by atomic mass is 9.81. The van der Waals surface area contributed by atoms with Crippen molar-refractivity contribution in [1.29, 1.82) is 0 Å². The molecule has 3 N–H and O–H groups in total. The monoisotopic (exact) mass is 337 g/mol. The highest BCUT2D eigenvalue weighted by Crippen LogP contribution is 2.27. The number of sulfonamides is 1. The molecule has 2 aliphatic rings. The molecular formula is C16H23N3O3S. The van der Waals surface area contributed by atoms with Crippen LogP contribution in [0.2, 0.25) is 0 Å². The second kappa shape index (κ2) is 6.22. The summed E-state index contributed by atoms with van der Waals surface area (Å²) in [6.07, 6.45) is 2.63. The number of fused-ring (bicyclic) bond motifs is 1. The fourth-order valence-electron chi connectivity index (χ4n) is 3.12. The van der Waals surface area contributed by atoms with E-state index in [4.69, 9.17) is 0 Å². The minimum absolute atomic E-state index is 0.0239. The van der Waals surface area contributed by atoms with E-state index in [2.05, 4.69) is 22.3 Å². The topological polar surface area (TPSA) is 87.3 Å². The van der Waals surface area contributed by atoms with Crippen molar-refractivity contribution in [3.05, 3.63) is 29.3 Å². The van der Waals surface area contributed by atoms with E-state index in [-0.39, 0.29) is 16.2 Å². The summed E-state index contributed by atoms with van der Waals surface area (Å²) in [5.41, 5.74) is 1.34. The Morgan fingerprint density at radius 3 is 2.70 bits per heavy atom. The highest BCUT2D eigenvalue weighted by atomic mass is 32.2. The van der Waals surface area contributed by atoms with Crippen LogP contribution in [0.1, 0.15) is 35.7 Å². The van der Waals surface area contributed by atoms with Crippen molar-refractivity contribution in [3.8, 4) is 0 Å². The third-order valence-electron chi connectivity index (χ3n) is 4.82. The molecule has 7 heteroatoms. The van der Waals surface area contributed by atoms with Crippen LogP contribution < -0.4 is 15.4 Å². The predicted molar refractivity (Wildman–Crippen MR) is 87.9 cm³/mol. The van der Waals surface area contributed by atoms with E-state index in [0.29, 0.717) is 18.7 Å². The van der Waals surface area contributed by atoms with Gasteiger partial charge in [-0.1, -0.05) is 13.0 Å². The second-order valence-electron chi connectivity index (χ2n) is 6.71. The number of benzene rings is 1. The van der Waals surface area contributed by atoms with Crippen LogP contribution in [0.25, 0.3) is 0 Å². The molecule has 0 spiro atoms. The molecule has 1 amide bonds. The molecular weight excluding hydrogens is 314 g/mol. The van der Waals surface area contributed by atoms with Gasteiger partial charge in [0.25, 0.3) is 5.91 Å². The molecule has 0 atom stereocenters. The van der Waals surface area contributed by atoms with Gasteiger partial charge in [-0.3, -0.25) is 4.79 Å². The zero-order valence-corrected chi connectivity index (χ0v) is 14.1.